The SMILES string of the molecule is CCCCCCO.COc1cc(CNC[C@H]2CCCO2)ccc1Cn1ncc2nc(N)nc(N)c21. The first-order valence-electron chi connectivity index (χ1n) is 12.4. The maximum atomic E-state index is 8.29. The summed E-state index contributed by atoms with van der Waals surface area (Å²) in [5.74, 6) is 1.26. The number of aromatic nitrogens is 4. The predicted octanol–water partition coefficient (Wildman–Crippen LogP) is 2.88. The lowest BCUT2D eigenvalue weighted by Gasteiger charge is -2.14. The third-order valence-corrected chi connectivity index (χ3v) is 5.94. The smallest absolute Gasteiger partial charge is 0.222 e. The molecule has 1 aliphatic rings. The summed E-state index contributed by atoms with van der Waals surface area (Å²) in [6.45, 7) is 5.53. The number of nitrogen functional groups attached to an aromatic ring is 2. The Morgan fingerprint density at radius 3 is 2.80 bits per heavy atom. The van der Waals surface area contributed by atoms with Crippen molar-refractivity contribution >= 4 is 22.8 Å². The number of nitrogens with two attached hydrogens (primary N) is 2. The molecule has 35 heavy (non-hydrogen) atoms. The van der Waals surface area contributed by atoms with Crippen LogP contribution in [-0.4, -0.2) is 57.8 Å². The van der Waals surface area contributed by atoms with E-state index in [0.717, 1.165) is 55.8 Å². The lowest BCUT2D eigenvalue weighted by atomic mass is 10.1. The van der Waals surface area contributed by atoms with Crippen LogP contribution in [0.15, 0.2) is 24.4 Å². The monoisotopic (exact) mass is 485 g/mol. The molecule has 1 fully saturated rings. The van der Waals surface area contributed by atoms with Crippen molar-refractivity contribution in [3.05, 3.63) is 35.5 Å². The van der Waals surface area contributed by atoms with Gasteiger partial charge in [-0.05, 0) is 30.9 Å². The molecule has 10 heteroatoms. The Hall–Kier alpha value is -2.95. The Labute approximate surface area is 207 Å². The number of ether oxygens (including phenoxy) is 2. The molecule has 6 N–H and O–H groups in total. The third kappa shape index (κ3) is 7.78. The quantitative estimate of drug-likeness (QED) is 0.301. The molecule has 1 aliphatic heterocycles. The zero-order chi connectivity index (χ0) is 25.0. The van der Waals surface area contributed by atoms with Crippen molar-refractivity contribution in [1.82, 2.24) is 25.1 Å². The maximum Gasteiger partial charge on any atom is 0.222 e. The standard InChI is InChI=1S/C19H25N7O2.C6H14O/c1-27-16-7-12(8-22-9-14-3-2-6-28-14)4-5-13(16)11-26-17-15(10-23-26)24-19(21)25-18(17)20;1-2-3-4-5-6-7/h4-5,7,10,14,22H,2-3,6,8-9,11H2,1H3,(H4,20,21,24,25);7H,2-6H2,1H3/t14-;/m1./s1. The summed E-state index contributed by atoms with van der Waals surface area (Å²) in [7, 11) is 1.67. The van der Waals surface area contributed by atoms with Gasteiger partial charge in [0.15, 0.2) is 5.82 Å². The molecule has 0 radical (unpaired) electrons. The van der Waals surface area contributed by atoms with Crippen molar-refractivity contribution in [1.29, 1.82) is 0 Å². The second-order valence-electron chi connectivity index (χ2n) is 8.70. The van der Waals surface area contributed by atoms with Crippen molar-refractivity contribution in [3.63, 3.8) is 0 Å². The predicted molar refractivity (Wildman–Crippen MR) is 138 cm³/mol. The average molecular weight is 486 g/mol. The highest BCUT2D eigenvalue weighted by Crippen LogP contribution is 2.24. The molecule has 3 heterocycles. The Bertz CT molecular complexity index is 1050. The maximum absolute atomic E-state index is 8.29. The minimum absolute atomic E-state index is 0.141. The molecule has 0 saturated carbocycles. The molecular weight excluding hydrogens is 446 g/mol. The van der Waals surface area contributed by atoms with E-state index in [9.17, 15) is 0 Å². The van der Waals surface area contributed by atoms with Gasteiger partial charge >= 0.3 is 0 Å². The number of methoxy groups -OCH3 is 1. The van der Waals surface area contributed by atoms with E-state index in [0.29, 0.717) is 36.1 Å². The Kier molecular flexibility index (Phi) is 10.5. The van der Waals surface area contributed by atoms with Crippen LogP contribution in [0.5, 0.6) is 5.75 Å². The normalized spacial score (nSPS) is 15.2. The number of unbranched alkanes of at least 4 members (excludes halogenated alkanes) is 3. The molecule has 4 rings (SSSR count). The van der Waals surface area contributed by atoms with E-state index in [1.54, 1.807) is 18.0 Å². The van der Waals surface area contributed by atoms with Crippen LogP contribution in [-0.2, 0) is 17.8 Å². The van der Waals surface area contributed by atoms with E-state index in [2.05, 4.69) is 33.4 Å². The number of benzene rings is 1. The minimum atomic E-state index is 0.141. The summed E-state index contributed by atoms with van der Waals surface area (Å²) < 4.78 is 13.0. The molecule has 0 unspecified atom stereocenters. The number of nitrogens with zero attached hydrogens (tertiary/aromatic N) is 4. The number of anilines is 2. The van der Waals surface area contributed by atoms with Gasteiger partial charge in [0.2, 0.25) is 5.95 Å². The Morgan fingerprint density at radius 1 is 1.23 bits per heavy atom. The summed E-state index contributed by atoms with van der Waals surface area (Å²) in [5.41, 5.74) is 15.1. The first-order valence-corrected chi connectivity index (χ1v) is 12.4. The summed E-state index contributed by atoms with van der Waals surface area (Å²) in [6.07, 6.45) is 8.93. The number of aliphatic hydroxyl groups is 1. The van der Waals surface area contributed by atoms with Crippen LogP contribution in [0.2, 0.25) is 0 Å². The minimum Gasteiger partial charge on any atom is -0.496 e. The molecule has 0 spiro atoms. The van der Waals surface area contributed by atoms with Gasteiger partial charge in [-0.3, -0.25) is 4.68 Å². The largest absolute Gasteiger partial charge is 0.496 e. The first kappa shape index (κ1) is 26.7. The fourth-order valence-corrected chi connectivity index (χ4v) is 4.08. The van der Waals surface area contributed by atoms with Crippen LogP contribution >= 0.6 is 0 Å². The summed E-state index contributed by atoms with van der Waals surface area (Å²) in [4.78, 5) is 8.21. The highest BCUT2D eigenvalue weighted by Gasteiger charge is 2.15. The van der Waals surface area contributed by atoms with Gasteiger partial charge < -0.3 is 31.4 Å². The van der Waals surface area contributed by atoms with Crippen molar-refractivity contribution in [2.24, 2.45) is 0 Å². The van der Waals surface area contributed by atoms with Crippen LogP contribution in [0.3, 0.4) is 0 Å². The number of fused-ring (bicyclic) bond motifs is 1. The molecule has 192 valence electrons. The summed E-state index contributed by atoms with van der Waals surface area (Å²) in [5, 5.41) is 16.1. The fourth-order valence-electron chi connectivity index (χ4n) is 4.08. The molecular formula is C25H39N7O3. The summed E-state index contributed by atoms with van der Waals surface area (Å²) in [6, 6.07) is 6.18. The number of rotatable bonds is 11. The second-order valence-corrected chi connectivity index (χ2v) is 8.70. The Balaban J connectivity index is 0.000000429. The van der Waals surface area contributed by atoms with Crippen molar-refractivity contribution in [3.8, 4) is 5.75 Å². The zero-order valence-corrected chi connectivity index (χ0v) is 20.9. The Morgan fingerprint density at radius 2 is 2.09 bits per heavy atom. The highest BCUT2D eigenvalue weighted by molar-refractivity contribution is 5.85. The summed E-state index contributed by atoms with van der Waals surface area (Å²) >= 11 is 0. The van der Waals surface area contributed by atoms with Crippen LogP contribution in [0.25, 0.3) is 11.0 Å². The van der Waals surface area contributed by atoms with Crippen LogP contribution in [0.1, 0.15) is 56.6 Å². The molecule has 0 bridgehead atoms. The van der Waals surface area contributed by atoms with E-state index < -0.39 is 0 Å². The van der Waals surface area contributed by atoms with Crippen molar-refractivity contribution < 1.29 is 14.6 Å². The van der Waals surface area contributed by atoms with Gasteiger partial charge in [0.1, 0.15) is 16.8 Å². The van der Waals surface area contributed by atoms with E-state index in [-0.39, 0.29) is 5.95 Å². The lowest BCUT2D eigenvalue weighted by Crippen LogP contribution is -2.25. The molecule has 1 atom stereocenters. The van der Waals surface area contributed by atoms with E-state index >= 15 is 0 Å². The van der Waals surface area contributed by atoms with Gasteiger partial charge in [-0.2, -0.15) is 10.1 Å². The molecule has 0 aliphatic carbocycles. The van der Waals surface area contributed by atoms with E-state index in [1.807, 2.05) is 12.1 Å². The van der Waals surface area contributed by atoms with E-state index in [4.69, 9.17) is 26.0 Å². The number of hydrogen-bond donors (Lipinski definition) is 4. The number of nitrogens with one attached hydrogen (secondary N) is 1. The van der Waals surface area contributed by atoms with E-state index in [1.165, 1.54) is 19.3 Å². The van der Waals surface area contributed by atoms with Crippen LogP contribution in [0, 0.1) is 0 Å². The van der Waals surface area contributed by atoms with Gasteiger partial charge in [0, 0.05) is 31.9 Å². The molecule has 0 amide bonds. The lowest BCUT2D eigenvalue weighted by molar-refractivity contribution is 0.110. The number of aliphatic hydroxyl groups excluding tert-OH is 1. The molecule has 1 saturated heterocycles. The first-order chi connectivity index (χ1) is 17.0. The zero-order valence-electron chi connectivity index (χ0n) is 20.9. The molecule has 10 nitrogen and oxygen atoms in total. The van der Waals surface area contributed by atoms with Crippen LogP contribution in [0.4, 0.5) is 11.8 Å². The molecule has 2 aromatic heterocycles. The van der Waals surface area contributed by atoms with Gasteiger partial charge in [0.25, 0.3) is 0 Å². The molecule has 3 aromatic rings. The highest BCUT2D eigenvalue weighted by atomic mass is 16.5. The number of hydrogen-bond acceptors (Lipinski definition) is 9. The third-order valence-electron chi connectivity index (χ3n) is 5.94. The second kappa shape index (κ2) is 13.8. The average Bonchev–Trinajstić information content (AvgIpc) is 3.51. The van der Waals surface area contributed by atoms with Crippen molar-refractivity contribution in [2.45, 2.75) is 64.6 Å². The topological polar surface area (TPSA) is 146 Å². The van der Waals surface area contributed by atoms with Gasteiger partial charge in [-0.25, -0.2) is 4.98 Å². The van der Waals surface area contributed by atoms with Crippen LogP contribution < -0.4 is 21.5 Å². The van der Waals surface area contributed by atoms with Gasteiger partial charge in [-0.15, -0.1) is 0 Å². The fraction of sp³-hybridized carbons (Fsp3) is 0.560. The van der Waals surface area contributed by atoms with Gasteiger partial charge in [0.05, 0.1) is 26.0 Å². The molecule has 1 aromatic carbocycles. The van der Waals surface area contributed by atoms with Gasteiger partial charge in [-0.1, -0.05) is 38.3 Å². The van der Waals surface area contributed by atoms with Crippen molar-refractivity contribution in [2.75, 3.05) is 38.3 Å².